The largest absolute Gasteiger partial charge is 0.345 e. The molecule has 1 aliphatic heterocycles. The highest BCUT2D eigenvalue weighted by Gasteiger charge is 2.25. The van der Waals surface area contributed by atoms with E-state index in [0.29, 0.717) is 18.8 Å². The first-order valence-electron chi connectivity index (χ1n) is 8.54. The van der Waals surface area contributed by atoms with Crippen molar-refractivity contribution < 1.29 is 4.79 Å². The summed E-state index contributed by atoms with van der Waals surface area (Å²) in [6, 6.07) is 5.79. The highest BCUT2D eigenvalue weighted by molar-refractivity contribution is 7.22. The van der Waals surface area contributed by atoms with E-state index in [1.54, 1.807) is 16.0 Å². The van der Waals surface area contributed by atoms with Crippen LogP contribution in [0, 0.1) is 13.8 Å². The summed E-state index contributed by atoms with van der Waals surface area (Å²) in [6.45, 7) is 6.82. The van der Waals surface area contributed by atoms with E-state index >= 15 is 0 Å². The van der Waals surface area contributed by atoms with Gasteiger partial charge in [0, 0.05) is 43.9 Å². The number of aromatic nitrogens is 3. The van der Waals surface area contributed by atoms with Gasteiger partial charge in [-0.3, -0.25) is 9.48 Å². The highest BCUT2D eigenvalue weighted by atomic mass is 35.5. The van der Waals surface area contributed by atoms with Gasteiger partial charge in [-0.05, 0) is 37.6 Å². The number of hydrogen-bond donors (Lipinski definition) is 0. The van der Waals surface area contributed by atoms with Crippen LogP contribution in [0.4, 0.5) is 5.13 Å². The number of amides is 1. The van der Waals surface area contributed by atoms with E-state index in [1.165, 1.54) is 0 Å². The molecule has 1 fully saturated rings. The first kappa shape index (κ1) is 17.3. The summed E-state index contributed by atoms with van der Waals surface area (Å²) in [5.74, 6) is 0.000256. The van der Waals surface area contributed by atoms with Gasteiger partial charge in [-0.2, -0.15) is 5.10 Å². The Kier molecular flexibility index (Phi) is 4.36. The number of fused-ring (bicyclic) bond motifs is 1. The second-order valence-electron chi connectivity index (χ2n) is 6.59. The normalized spacial score (nSPS) is 15.1. The molecule has 0 atom stereocenters. The molecule has 0 unspecified atom stereocenters. The lowest BCUT2D eigenvalue weighted by Crippen LogP contribution is -2.48. The van der Waals surface area contributed by atoms with Crippen molar-refractivity contribution in [2.45, 2.75) is 13.8 Å². The van der Waals surface area contributed by atoms with Crippen LogP contribution in [0.15, 0.2) is 18.2 Å². The van der Waals surface area contributed by atoms with Crippen LogP contribution in [0.1, 0.15) is 21.7 Å². The number of aryl methyl sites for hydroxylation is 3. The van der Waals surface area contributed by atoms with Crippen LogP contribution < -0.4 is 4.90 Å². The number of thiazole rings is 1. The molecule has 1 saturated heterocycles. The number of rotatable bonds is 2. The third-order valence-corrected chi connectivity index (χ3v) is 6.40. The van der Waals surface area contributed by atoms with Gasteiger partial charge in [-0.15, -0.1) is 0 Å². The van der Waals surface area contributed by atoms with Crippen molar-refractivity contribution in [3.8, 4) is 0 Å². The number of anilines is 1. The quantitative estimate of drug-likeness (QED) is 0.675. The van der Waals surface area contributed by atoms with Crippen molar-refractivity contribution in [2.75, 3.05) is 31.1 Å². The maximum atomic E-state index is 12.6. The molecule has 1 aromatic carbocycles. The van der Waals surface area contributed by atoms with E-state index < -0.39 is 0 Å². The molecule has 8 heteroatoms. The highest BCUT2D eigenvalue weighted by Crippen LogP contribution is 2.33. The van der Waals surface area contributed by atoms with Crippen molar-refractivity contribution >= 4 is 44.2 Å². The molecule has 0 spiro atoms. The van der Waals surface area contributed by atoms with Crippen LogP contribution in [-0.2, 0) is 7.05 Å². The third-order valence-electron chi connectivity index (χ3n) is 4.91. The van der Waals surface area contributed by atoms with E-state index in [9.17, 15) is 4.79 Å². The van der Waals surface area contributed by atoms with Crippen LogP contribution in [0.3, 0.4) is 0 Å². The van der Waals surface area contributed by atoms with E-state index in [0.717, 1.165) is 44.7 Å². The molecule has 0 saturated carbocycles. The second kappa shape index (κ2) is 6.55. The molecule has 0 bridgehead atoms. The monoisotopic (exact) mass is 389 g/mol. The topological polar surface area (TPSA) is 54.3 Å². The number of halogens is 1. The van der Waals surface area contributed by atoms with Gasteiger partial charge in [0.25, 0.3) is 5.91 Å². The summed E-state index contributed by atoms with van der Waals surface area (Å²) >= 11 is 7.88. The Morgan fingerprint density at radius 2 is 1.92 bits per heavy atom. The molecule has 1 aliphatic rings. The van der Waals surface area contributed by atoms with Crippen molar-refractivity contribution in [3.05, 3.63) is 40.2 Å². The van der Waals surface area contributed by atoms with Gasteiger partial charge in [0.15, 0.2) is 10.8 Å². The average molecular weight is 390 g/mol. The maximum absolute atomic E-state index is 12.6. The van der Waals surface area contributed by atoms with Crippen LogP contribution in [0.5, 0.6) is 0 Å². The summed E-state index contributed by atoms with van der Waals surface area (Å²) in [4.78, 5) is 21.5. The number of carbonyl (C=O) groups excluding carboxylic acids is 1. The first-order valence-corrected chi connectivity index (χ1v) is 9.74. The van der Waals surface area contributed by atoms with Gasteiger partial charge < -0.3 is 9.80 Å². The Balaban J connectivity index is 1.48. The number of benzene rings is 1. The molecular formula is C18H20ClN5OS. The van der Waals surface area contributed by atoms with E-state index in [1.807, 2.05) is 44.0 Å². The molecule has 1 amide bonds. The summed E-state index contributed by atoms with van der Waals surface area (Å²) in [6.07, 6.45) is 0. The summed E-state index contributed by atoms with van der Waals surface area (Å²) in [5, 5.41) is 6.04. The molecule has 3 aromatic rings. The summed E-state index contributed by atoms with van der Waals surface area (Å²) in [7, 11) is 1.85. The molecule has 2 aromatic heterocycles. The average Bonchev–Trinajstić information content (AvgIpc) is 3.22. The molecule has 26 heavy (non-hydrogen) atoms. The number of nitrogens with zero attached hydrogens (tertiary/aromatic N) is 5. The molecule has 0 radical (unpaired) electrons. The molecule has 3 heterocycles. The first-order chi connectivity index (χ1) is 12.4. The minimum atomic E-state index is 0.000256. The van der Waals surface area contributed by atoms with Crippen molar-refractivity contribution in [3.63, 3.8) is 0 Å². The Labute approximate surface area is 161 Å². The number of piperazine rings is 1. The molecule has 136 valence electrons. The summed E-state index contributed by atoms with van der Waals surface area (Å²) < 4.78 is 2.88. The van der Waals surface area contributed by atoms with Crippen molar-refractivity contribution in [1.29, 1.82) is 0 Å². The predicted molar refractivity (Wildman–Crippen MR) is 105 cm³/mol. The molecule has 0 N–H and O–H groups in total. The van der Waals surface area contributed by atoms with Gasteiger partial charge in [-0.25, -0.2) is 4.98 Å². The Bertz CT molecular complexity index is 968. The fraction of sp³-hybridized carbons (Fsp3) is 0.389. The molecule has 6 nitrogen and oxygen atoms in total. The second-order valence-corrected chi connectivity index (χ2v) is 8.01. The van der Waals surface area contributed by atoms with Gasteiger partial charge in [-0.1, -0.05) is 22.9 Å². The van der Waals surface area contributed by atoms with Gasteiger partial charge >= 0.3 is 0 Å². The molecule has 4 rings (SSSR count). The smallest absolute Gasteiger partial charge is 0.274 e. The standard InChI is InChI=1S/C18H20ClN5OS/c1-11-10-14(21-22(11)3)17(25)23-6-8-24(9-7-23)18-20-16-12(2)13(19)4-5-15(16)26-18/h4-5,10H,6-9H2,1-3H3. The Morgan fingerprint density at radius 1 is 1.19 bits per heavy atom. The fourth-order valence-electron chi connectivity index (χ4n) is 3.15. The SMILES string of the molecule is Cc1c(Cl)ccc2sc(N3CCN(C(=O)c4cc(C)n(C)n4)CC3)nc12. The lowest BCUT2D eigenvalue weighted by molar-refractivity contribution is 0.0740. The van der Waals surface area contributed by atoms with Crippen LogP contribution >= 0.6 is 22.9 Å². The van der Waals surface area contributed by atoms with Crippen LogP contribution in [0.25, 0.3) is 10.2 Å². The Hall–Kier alpha value is -2.12. The zero-order chi connectivity index (χ0) is 18.4. The minimum Gasteiger partial charge on any atom is -0.345 e. The van der Waals surface area contributed by atoms with Crippen molar-refractivity contribution in [1.82, 2.24) is 19.7 Å². The van der Waals surface area contributed by atoms with Gasteiger partial charge in [0.1, 0.15) is 0 Å². The summed E-state index contributed by atoms with van der Waals surface area (Å²) in [5.41, 5.74) is 3.49. The fourth-order valence-corrected chi connectivity index (χ4v) is 4.38. The lowest BCUT2D eigenvalue weighted by Gasteiger charge is -2.34. The van der Waals surface area contributed by atoms with E-state index in [-0.39, 0.29) is 5.91 Å². The zero-order valence-corrected chi connectivity index (χ0v) is 16.6. The lowest BCUT2D eigenvalue weighted by atomic mass is 10.2. The van der Waals surface area contributed by atoms with Crippen molar-refractivity contribution in [2.24, 2.45) is 7.05 Å². The third kappa shape index (κ3) is 2.95. The van der Waals surface area contributed by atoms with E-state index in [4.69, 9.17) is 16.6 Å². The predicted octanol–water partition coefficient (Wildman–Crippen LogP) is 3.26. The number of carbonyl (C=O) groups is 1. The van der Waals surface area contributed by atoms with Crippen LogP contribution in [0.2, 0.25) is 5.02 Å². The maximum Gasteiger partial charge on any atom is 0.274 e. The van der Waals surface area contributed by atoms with Gasteiger partial charge in [0.2, 0.25) is 0 Å². The number of hydrogen-bond acceptors (Lipinski definition) is 5. The molecule has 0 aliphatic carbocycles. The minimum absolute atomic E-state index is 0.000256. The van der Waals surface area contributed by atoms with Crippen LogP contribution in [-0.4, -0.2) is 51.8 Å². The van der Waals surface area contributed by atoms with E-state index in [2.05, 4.69) is 10.00 Å². The van der Waals surface area contributed by atoms with Gasteiger partial charge in [0.05, 0.1) is 10.2 Å². The molecular weight excluding hydrogens is 370 g/mol. The zero-order valence-electron chi connectivity index (χ0n) is 15.0. The Morgan fingerprint density at radius 3 is 2.58 bits per heavy atom.